The van der Waals surface area contributed by atoms with Crippen LogP contribution in [0.15, 0.2) is 33.3 Å². The second-order valence-electron chi connectivity index (χ2n) is 3.95. The zero-order chi connectivity index (χ0) is 13.3. The first kappa shape index (κ1) is 13.1. The molecule has 2 aromatic rings. The quantitative estimate of drug-likeness (QED) is 0.640. The van der Waals surface area contributed by atoms with E-state index in [1.54, 1.807) is 3.96 Å². The minimum Gasteiger partial charge on any atom is -0.294 e. The lowest BCUT2D eigenvalue weighted by Gasteiger charge is -2.00. The highest BCUT2D eigenvalue weighted by atomic mass is 32.2. The fourth-order valence-electron chi connectivity index (χ4n) is 1.64. The molecule has 5 heteroatoms. The van der Waals surface area contributed by atoms with E-state index in [4.69, 9.17) is 0 Å². The molecule has 0 aliphatic heterocycles. The molecular weight excluding hydrogens is 266 g/mol. The summed E-state index contributed by atoms with van der Waals surface area (Å²) in [5.41, 5.74) is 2.02. The molecule has 0 fully saturated rings. The van der Waals surface area contributed by atoms with E-state index in [0.29, 0.717) is 5.56 Å². The number of aromatic nitrogens is 1. The standard InChI is InChI=1S/C13H13NO2S2/c1-8-4-6-10(7-5-8)14-12(16)11(9(2)15)13(17-3)18-14/h4-7H,1-3H3. The van der Waals surface area contributed by atoms with Gasteiger partial charge in [-0.15, -0.1) is 11.8 Å². The van der Waals surface area contributed by atoms with Gasteiger partial charge in [0.2, 0.25) is 0 Å². The van der Waals surface area contributed by atoms with Crippen molar-refractivity contribution in [3.63, 3.8) is 0 Å². The zero-order valence-electron chi connectivity index (χ0n) is 10.4. The molecule has 18 heavy (non-hydrogen) atoms. The van der Waals surface area contributed by atoms with Gasteiger partial charge in [-0.3, -0.25) is 9.59 Å². The number of hydrogen-bond acceptors (Lipinski definition) is 4. The lowest BCUT2D eigenvalue weighted by Crippen LogP contribution is -2.17. The van der Waals surface area contributed by atoms with Crippen LogP contribution >= 0.6 is 23.3 Å². The van der Waals surface area contributed by atoms with Crippen molar-refractivity contribution < 1.29 is 4.79 Å². The van der Waals surface area contributed by atoms with Gasteiger partial charge < -0.3 is 0 Å². The summed E-state index contributed by atoms with van der Waals surface area (Å²) in [6.45, 7) is 3.43. The van der Waals surface area contributed by atoms with Gasteiger partial charge in [-0.2, -0.15) is 0 Å². The Hall–Kier alpha value is -1.33. The van der Waals surface area contributed by atoms with E-state index in [1.165, 1.54) is 30.2 Å². The maximum atomic E-state index is 12.2. The van der Waals surface area contributed by atoms with Gasteiger partial charge in [-0.05, 0) is 43.8 Å². The molecule has 1 heterocycles. The van der Waals surface area contributed by atoms with Crippen LogP contribution in [0.1, 0.15) is 22.8 Å². The zero-order valence-corrected chi connectivity index (χ0v) is 12.0. The molecule has 0 N–H and O–H groups in total. The molecule has 0 radical (unpaired) electrons. The number of ketones is 1. The number of rotatable bonds is 3. The first-order valence-corrected chi connectivity index (χ1v) is 7.42. The van der Waals surface area contributed by atoms with Crippen molar-refractivity contribution >= 4 is 29.1 Å². The van der Waals surface area contributed by atoms with E-state index >= 15 is 0 Å². The third-order valence-corrected chi connectivity index (χ3v) is 4.81. The van der Waals surface area contributed by atoms with Crippen LogP contribution in [0, 0.1) is 6.92 Å². The van der Waals surface area contributed by atoms with Crippen LogP contribution in [0.4, 0.5) is 0 Å². The Labute approximate surface area is 114 Å². The SMILES string of the molecule is CSc1sn(-c2ccc(C)cc2)c(=O)c1C(C)=O. The van der Waals surface area contributed by atoms with Gasteiger partial charge in [0.05, 0.1) is 9.90 Å². The van der Waals surface area contributed by atoms with Gasteiger partial charge in [0.1, 0.15) is 5.56 Å². The number of carbonyl (C=O) groups excluding carboxylic acids is 1. The highest BCUT2D eigenvalue weighted by Crippen LogP contribution is 2.26. The molecule has 1 aromatic carbocycles. The molecular formula is C13H13NO2S2. The minimum atomic E-state index is -0.222. The van der Waals surface area contributed by atoms with E-state index in [9.17, 15) is 9.59 Å². The highest BCUT2D eigenvalue weighted by molar-refractivity contribution is 8.00. The number of aryl methyl sites for hydroxylation is 1. The monoisotopic (exact) mass is 279 g/mol. The maximum Gasteiger partial charge on any atom is 0.277 e. The highest BCUT2D eigenvalue weighted by Gasteiger charge is 2.18. The van der Waals surface area contributed by atoms with Crippen LogP contribution in [0.5, 0.6) is 0 Å². The largest absolute Gasteiger partial charge is 0.294 e. The van der Waals surface area contributed by atoms with Crippen molar-refractivity contribution in [1.29, 1.82) is 0 Å². The number of benzene rings is 1. The molecule has 2 rings (SSSR count). The first-order chi connectivity index (χ1) is 8.54. The van der Waals surface area contributed by atoms with E-state index in [1.807, 2.05) is 37.4 Å². The third kappa shape index (κ3) is 2.28. The topological polar surface area (TPSA) is 39.1 Å². The molecule has 94 valence electrons. The minimum absolute atomic E-state index is 0.175. The molecule has 0 spiro atoms. The summed E-state index contributed by atoms with van der Waals surface area (Å²) in [7, 11) is 0. The first-order valence-electron chi connectivity index (χ1n) is 5.43. The summed E-state index contributed by atoms with van der Waals surface area (Å²) in [5, 5.41) is 0. The van der Waals surface area contributed by atoms with Gasteiger partial charge >= 0.3 is 0 Å². The molecule has 1 aromatic heterocycles. The van der Waals surface area contributed by atoms with Gasteiger partial charge in [-0.1, -0.05) is 17.7 Å². The Kier molecular flexibility index (Phi) is 3.73. The van der Waals surface area contributed by atoms with Crippen LogP contribution < -0.4 is 5.56 Å². The Morgan fingerprint density at radius 3 is 2.33 bits per heavy atom. The number of hydrogen-bond donors (Lipinski definition) is 0. The smallest absolute Gasteiger partial charge is 0.277 e. The Balaban J connectivity index is 2.63. The van der Waals surface area contributed by atoms with E-state index < -0.39 is 0 Å². The Morgan fingerprint density at radius 1 is 1.28 bits per heavy atom. The summed E-state index contributed by atoms with van der Waals surface area (Å²) in [6.07, 6.45) is 1.87. The fraction of sp³-hybridized carbons (Fsp3) is 0.231. The number of thioether (sulfide) groups is 1. The van der Waals surface area contributed by atoms with Crippen molar-refractivity contribution in [2.75, 3.05) is 6.26 Å². The third-order valence-electron chi connectivity index (χ3n) is 2.58. The average molecular weight is 279 g/mol. The molecule has 0 atom stereocenters. The van der Waals surface area contributed by atoms with Crippen molar-refractivity contribution in [2.45, 2.75) is 18.1 Å². The molecule has 3 nitrogen and oxygen atoms in total. The van der Waals surface area contributed by atoms with Crippen LogP contribution in [0.2, 0.25) is 0 Å². The number of Topliss-reactive ketones (excluding diaryl/α,β-unsaturated/α-hetero) is 1. The van der Waals surface area contributed by atoms with Crippen LogP contribution in [0.25, 0.3) is 5.69 Å². The van der Waals surface area contributed by atoms with E-state index in [2.05, 4.69) is 0 Å². The van der Waals surface area contributed by atoms with E-state index in [-0.39, 0.29) is 11.3 Å². The van der Waals surface area contributed by atoms with Crippen molar-refractivity contribution in [2.24, 2.45) is 0 Å². The molecule has 0 aliphatic carbocycles. The number of nitrogens with zero attached hydrogens (tertiary/aromatic N) is 1. The Morgan fingerprint density at radius 2 is 1.89 bits per heavy atom. The van der Waals surface area contributed by atoms with Crippen molar-refractivity contribution in [3.8, 4) is 5.69 Å². The van der Waals surface area contributed by atoms with Gasteiger partial charge in [0, 0.05) is 0 Å². The van der Waals surface area contributed by atoms with Gasteiger partial charge in [-0.25, -0.2) is 3.96 Å². The predicted octanol–water partition coefficient (Wildman–Crippen LogP) is 3.13. The lowest BCUT2D eigenvalue weighted by molar-refractivity contribution is 0.101. The van der Waals surface area contributed by atoms with Crippen LogP contribution in [-0.4, -0.2) is 16.0 Å². The fourth-order valence-corrected chi connectivity index (χ4v) is 3.49. The van der Waals surface area contributed by atoms with Crippen molar-refractivity contribution in [1.82, 2.24) is 3.96 Å². The molecule has 0 amide bonds. The average Bonchev–Trinajstić information content (AvgIpc) is 2.67. The van der Waals surface area contributed by atoms with Gasteiger partial charge in [0.25, 0.3) is 5.56 Å². The predicted molar refractivity (Wildman–Crippen MR) is 76.4 cm³/mol. The molecule has 0 aliphatic rings. The molecule has 0 unspecified atom stereocenters. The van der Waals surface area contributed by atoms with Crippen LogP contribution in [-0.2, 0) is 0 Å². The maximum absolute atomic E-state index is 12.2. The van der Waals surface area contributed by atoms with Crippen LogP contribution in [0.3, 0.4) is 0 Å². The summed E-state index contributed by atoms with van der Waals surface area (Å²) in [6, 6.07) is 7.68. The van der Waals surface area contributed by atoms with Crippen molar-refractivity contribution in [3.05, 3.63) is 45.7 Å². The van der Waals surface area contributed by atoms with E-state index in [0.717, 1.165) is 15.5 Å². The number of carbonyl (C=O) groups is 1. The lowest BCUT2D eigenvalue weighted by atomic mass is 10.2. The normalized spacial score (nSPS) is 10.6. The summed E-state index contributed by atoms with van der Waals surface area (Å²) >= 11 is 2.75. The summed E-state index contributed by atoms with van der Waals surface area (Å²) < 4.78 is 2.34. The summed E-state index contributed by atoms with van der Waals surface area (Å²) in [5.74, 6) is -0.175. The molecule has 0 saturated carbocycles. The molecule has 0 bridgehead atoms. The second kappa shape index (κ2) is 5.12. The molecule has 0 saturated heterocycles. The van der Waals surface area contributed by atoms with Gasteiger partial charge in [0.15, 0.2) is 5.78 Å². The second-order valence-corrected chi connectivity index (χ2v) is 5.98. The summed E-state index contributed by atoms with van der Waals surface area (Å²) in [4.78, 5) is 23.7. The Bertz CT molecular complexity index is 638.